The first-order valence-corrected chi connectivity index (χ1v) is 10.7. The molecule has 4 rings (SSSR count). The molecule has 158 valence electrons. The lowest BCUT2D eigenvalue weighted by Gasteiger charge is -2.32. The fourth-order valence-electron chi connectivity index (χ4n) is 3.24. The number of nitrogens with one attached hydrogen (secondary N) is 1. The number of nitrogens with zero attached hydrogens (tertiary/aromatic N) is 6. The summed E-state index contributed by atoms with van der Waals surface area (Å²) in [5, 5.41) is 13.1. The summed E-state index contributed by atoms with van der Waals surface area (Å²) >= 11 is 7.38. The van der Waals surface area contributed by atoms with E-state index in [4.69, 9.17) is 17.3 Å². The number of carbonyl (C=O) groups excluding carboxylic acids is 1. The Morgan fingerprint density at radius 2 is 2.03 bits per heavy atom. The number of aromatic nitrogens is 3. The molecular weight excluding hydrogens is 436 g/mol. The largest absolute Gasteiger partial charge is 0.375 e. The molecule has 1 amide bonds. The number of amides is 1. The average Bonchev–Trinajstić information content (AvgIpc) is 3.14. The second-order valence-electron chi connectivity index (χ2n) is 7.06. The van der Waals surface area contributed by atoms with E-state index in [0.717, 1.165) is 24.4 Å². The molecule has 0 atom stereocenters. The molecule has 9 nitrogen and oxygen atoms in total. The molecule has 3 N–H and O–H groups in total. The fraction of sp³-hybridized carbons (Fsp3) is 0.250. The highest BCUT2D eigenvalue weighted by Crippen LogP contribution is 2.29. The molecule has 11 heteroatoms. The van der Waals surface area contributed by atoms with Crippen molar-refractivity contribution >= 4 is 45.6 Å². The minimum absolute atomic E-state index is 0.0649. The van der Waals surface area contributed by atoms with Crippen LogP contribution in [0.1, 0.15) is 15.2 Å². The number of anilines is 3. The zero-order chi connectivity index (χ0) is 22.0. The van der Waals surface area contributed by atoms with Crippen molar-refractivity contribution in [3.05, 3.63) is 45.9 Å². The normalized spacial score (nSPS) is 14.3. The van der Waals surface area contributed by atoms with Gasteiger partial charge < -0.3 is 20.9 Å². The minimum atomic E-state index is -0.0649. The van der Waals surface area contributed by atoms with Crippen molar-refractivity contribution in [1.82, 2.24) is 24.8 Å². The van der Waals surface area contributed by atoms with Crippen molar-refractivity contribution in [3.63, 3.8) is 0 Å². The number of hydrogen-bond donors (Lipinski definition) is 2. The molecule has 0 saturated carbocycles. The fourth-order valence-corrected chi connectivity index (χ4v) is 4.12. The van der Waals surface area contributed by atoms with E-state index in [-0.39, 0.29) is 11.9 Å². The monoisotopic (exact) mass is 454 g/mol. The smallest absolute Gasteiger partial charge is 0.254 e. The van der Waals surface area contributed by atoms with Crippen molar-refractivity contribution < 1.29 is 4.79 Å². The summed E-state index contributed by atoms with van der Waals surface area (Å²) in [7, 11) is 2.04. The molecule has 3 heterocycles. The van der Waals surface area contributed by atoms with Gasteiger partial charge >= 0.3 is 0 Å². The van der Waals surface area contributed by atoms with Gasteiger partial charge in [0, 0.05) is 48.6 Å². The van der Waals surface area contributed by atoms with Crippen molar-refractivity contribution in [1.29, 1.82) is 5.26 Å². The number of nitriles is 1. The maximum atomic E-state index is 12.9. The number of carbonyl (C=O) groups is 1. The third-order valence-electron chi connectivity index (χ3n) is 4.83. The summed E-state index contributed by atoms with van der Waals surface area (Å²) in [6, 6.07) is 8.81. The second kappa shape index (κ2) is 8.85. The molecule has 1 fully saturated rings. The van der Waals surface area contributed by atoms with Gasteiger partial charge in [-0.1, -0.05) is 22.9 Å². The SMILES string of the molecule is CN1CCN(C(=O)c2cc(Cl)cc(Nc3nccc(-c4nc(N)sc4C#N)n3)c2)CC1. The second-order valence-corrected chi connectivity index (χ2v) is 8.52. The molecule has 31 heavy (non-hydrogen) atoms. The van der Waals surface area contributed by atoms with E-state index in [0.29, 0.717) is 50.8 Å². The van der Waals surface area contributed by atoms with Crippen LogP contribution in [0.4, 0.5) is 16.8 Å². The van der Waals surface area contributed by atoms with Gasteiger partial charge in [0.05, 0.1) is 5.69 Å². The third-order valence-corrected chi connectivity index (χ3v) is 5.84. The van der Waals surface area contributed by atoms with Crippen LogP contribution in [0.25, 0.3) is 11.4 Å². The highest BCUT2D eigenvalue weighted by atomic mass is 35.5. The van der Waals surface area contributed by atoms with E-state index >= 15 is 0 Å². The first kappa shape index (κ1) is 21.0. The van der Waals surface area contributed by atoms with Gasteiger partial charge in [0.2, 0.25) is 5.95 Å². The van der Waals surface area contributed by atoms with Crippen LogP contribution in [0.5, 0.6) is 0 Å². The van der Waals surface area contributed by atoms with Crippen molar-refractivity contribution in [2.24, 2.45) is 0 Å². The molecule has 3 aromatic rings. The molecule has 0 spiro atoms. The summed E-state index contributed by atoms with van der Waals surface area (Å²) in [6.45, 7) is 3.02. The number of likely N-dealkylation sites (N-methyl/N-ethyl adjacent to an activating group) is 1. The quantitative estimate of drug-likeness (QED) is 0.616. The van der Waals surface area contributed by atoms with Crippen LogP contribution in [0, 0.1) is 11.3 Å². The number of halogens is 1. The highest BCUT2D eigenvalue weighted by molar-refractivity contribution is 7.16. The lowest BCUT2D eigenvalue weighted by Crippen LogP contribution is -2.47. The van der Waals surface area contributed by atoms with Gasteiger partial charge in [0.1, 0.15) is 16.6 Å². The van der Waals surface area contributed by atoms with Gasteiger partial charge in [-0.3, -0.25) is 4.79 Å². The first-order valence-electron chi connectivity index (χ1n) is 9.48. The molecule has 0 bridgehead atoms. The van der Waals surface area contributed by atoms with E-state index in [1.807, 2.05) is 11.9 Å². The van der Waals surface area contributed by atoms with E-state index in [2.05, 4.69) is 31.2 Å². The summed E-state index contributed by atoms with van der Waals surface area (Å²) in [5.74, 6) is 0.221. The van der Waals surface area contributed by atoms with Gasteiger partial charge in [-0.15, -0.1) is 0 Å². The van der Waals surface area contributed by atoms with E-state index in [9.17, 15) is 10.1 Å². The van der Waals surface area contributed by atoms with Gasteiger partial charge in [-0.25, -0.2) is 15.0 Å². The number of thiazole rings is 1. The Kier molecular flexibility index (Phi) is 5.99. The van der Waals surface area contributed by atoms with Crippen LogP contribution < -0.4 is 11.1 Å². The lowest BCUT2D eigenvalue weighted by molar-refractivity contribution is 0.0664. The zero-order valence-electron chi connectivity index (χ0n) is 16.7. The Labute approximate surface area is 188 Å². The van der Waals surface area contributed by atoms with Crippen molar-refractivity contribution in [3.8, 4) is 17.5 Å². The maximum absolute atomic E-state index is 12.9. The predicted octanol–water partition coefficient (Wildman–Crippen LogP) is 2.84. The molecule has 1 aliphatic rings. The Hall–Kier alpha value is -3.26. The molecule has 1 aromatic carbocycles. The summed E-state index contributed by atoms with van der Waals surface area (Å²) in [4.78, 5) is 30.1. The Bertz CT molecular complexity index is 1170. The number of hydrogen-bond acceptors (Lipinski definition) is 9. The highest BCUT2D eigenvalue weighted by Gasteiger charge is 2.21. The predicted molar refractivity (Wildman–Crippen MR) is 120 cm³/mol. The number of nitrogen functional groups attached to an aromatic ring is 1. The van der Waals surface area contributed by atoms with Gasteiger partial charge in [-0.2, -0.15) is 5.26 Å². The van der Waals surface area contributed by atoms with Crippen LogP contribution in [0.3, 0.4) is 0 Å². The number of benzene rings is 1. The van der Waals surface area contributed by atoms with Crippen LogP contribution in [-0.4, -0.2) is 63.9 Å². The molecule has 1 saturated heterocycles. The topological polar surface area (TPSA) is 124 Å². The Morgan fingerprint density at radius 1 is 1.26 bits per heavy atom. The van der Waals surface area contributed by atoms with Gasteiger partial charge in [0.25, 0.3) is 5.91 Å². The van der Waals surface area contributed by atoms with Crippen LogP contribution in [-0.2, 0) is 0 Å². The Balaban J connectivity index is 1.57. The Morgan fingerprint density at radius 3 is 2.77 bits per heavy atom. The lowest BCUT2D eigenvalue weighted by atomic mass is 10.1. The zero-order valence-corrected chi connectivity index (χ0v) is 18.2. The summed E-state index contributed by atoms with van der Waals surface area (Å²) < 4.78 is 0. The van der Waals surface area contributed by atoms with Crippen LogP contribution in [0.2, 0.25) is 5.02 Å². The van der Waals surface area contributed by atoms with Crippen LogP contribution >= 0.6 is 22.9 Å². The van der Waals surface area contributed by atoms with Gasteiger partial charge in [0.15, 0.2) is 5.13 Å². The summed E-state index contributed by atoms with van der Waals surface area (Å²) in [6.07, 6.45) is 1.56. The van der Waals surface area contributed by atoms with Crippen molar-refractivity contribution in [2.75, 3.05) is 44.3 Å². The molecule has 0 aliphatic carbocycles. The van der Waals surface area contributed by atoms with Gasteiger partial charge in [-0.05, 0) is 31.3 Å². The summed E-state index contributed by atoms with van der Waals surface area (Å²) in [5.41, 5.74) is 7.69. The third kappa shape index (κ3) is 4.74. The maximum Gasteiger partial charge on any atom is 0.254 e. The molecule has 1 aliphatic heterocycles. The van der Waals surface area contributed by atoms with E-state index in [1.54, 1.807) is 30.5 Å². The molecule has 0 radical (unpaired) electrons. The van der Waals surface area contributed by atoms with E-state index < -0.39 is 0 Å². The molecular formula is C20H19ClN8OS. The molecule has 2 aromatic heterocycles. The number of nitrogens with two attached hydrogens (primary N) is 1. The van der Waals surface area contributed by atoms with E-state index in [1.165, 1.54) is 0 Å². The van der Waals surface area contributed by atoms with Crippen molar-refractivity contribution in [2.45, 2.75) is 0 Å². The first-order chi connectivity index (χ1) is 14.9. The number of piperazine rings is 1. The van der Waals surface area contributed by atoms with Crippen LogP contribution in [0.15, 0.2) is 30.5 Å². The minimum Gasteiger partial charge on any atom is -0.375 e. The average molecular weight is 455 g/mol. The molecule has 0 unspecified atom stereocenters. The standard InChI is InChI=1S/C20H19ClN8OS/c1-28-4-6-29(7-5-28)18(30)12-8-13(21)10-14(9-12)25-20-24-3-2-15(26-20)17-16(11-22)31-19(23)27-17/h2-3,8-10H,4-7H2,1H3,(H2,23,27)(H,24,25,26). The number of rotatable bonds is 4.